The molecule has 0 N–H and O–H groups in total. The standard InChI is InChI=1S/C12H14.C11H14BrCl.C11H15Br.2C11H14ClF.C11H15F/c1-5-10-7-6-8-11(9-10)12(2,3)4;1-7-5-6-8(11(2,3)4)9(12)10(7)13;1-8-5-6-9(10(12)7-8)11(2,3)4;1-7-5-8(11(2,3)4)10(13)6-9(7)12;1-7-5-6-8(11(2,3)4)10(13)9(7)12;1-8-7-9(11(2,3)4)5-6-10(8)12/h1,6-9H,2-4H3;5-6H,1-4H3;5-7H,1-4H3;2*5-6H,1-4H3;5-7H,1-4H3. The van der Waals surface area contributed by atoms with Crippen LogP contribution in [0.1, 0.15) is 191 Å². The lowest BCUT2D eigenvalue weighted by molar-refractivity contribution is 0.522. The van der Waals surface area contributed by atoms with E-state index in [1.807, 2.05) is 91.8 Å². The SMILES string of the molecule is C#Cc1cccc(C(C)(C)C)c1.Cc1cc(C(C)(C)C)c(F)cc1Cl.Cc1cc(C(C)(C)C)ccc1F.Cc1ccc(C(C)(C)C)c(Br)c1.Cc1ccc(C(C)(C)C)c(Br)c1Cl.Cc1ccc(C(C)(C)C)c(F)c1Cl. The highest BCUT2D eigenvalue weighted by Gasteiger charge is 2.23. The van der Waals surface area contributed by atoms with Crippen LogP contribution in [-0.2, 0) is 32.5 Å². The van der Waals surface area contributed by atoms with Gasteiger partial charge in [0.2, 0.25) is 0 Å². The van der Waals surface area contributed by atoms with Crippen LogP contribution < -0.4 is 0 Å². The van der Waals surface area contributed by atoms with Crippen molar-refractivity contribution in [1.82, 2.24) is 0 Å². The molecule has 0 atom stereocenters. The highest BCUT2D eigenvalue weighted by atomic mass is 79.9. The van der Waals surface area contributed by atoms with Crippen LogP contribution in [0.3, 0.4) is 0 Å². The monoisotopic (exact) mass is 1210 g/mol. The summed E-state index contributed by atoms with van der Waals surface area (Å²) in [5, 5.41) is 1.56. The molecule has 0 nitrogen and oxygen atoms in total. The van der Waals surface area contributed by atoms with Crippen LogP contribution in [0.5, 0.6) is 0 Å². The van der Waals surface area contributed by atoms with E-state index in [2.05, 4.69) is 170 Å². The molecular formula is C67H86Br2Cl3F3. The summed E-state index contributed by atoms with van der Waals surface area (Å²) in [6, 6.07) is 31.0. The number of halogens is 8. The van der Waals surface area contributed by atoms with Gasteiger partial charge in [-0.05, 0) is 175 Å². The average molecular weight is 1210 g/mol. The largest absolute Gasteiger partial charge is 0.207 e. The van der Waals surface area contributed by atoms with Gasteiger partial charge in [-0.3, -0.25) is 0 Å². The highest BCUT2D eigenvalue weighted by Crippen LogP contribution is 2.37. The van der Waals surface area contributed by atoms with Crippen molar-refractivity contribution in [2.75, 3.05) is 0 Å². The molecule has 6 rings (SSSR count). The number of aryl methyl sites for hydroxylation is 5. The number of hydrogen-bond donors (Lipinski definition) is 0. The van der Waals surface area contributed by atoms with Crippen LogP contribution in [0.2, 0.25) is 15.1 Å². The minimum absolute atomic E-state index is 0.110. The molecule has 6 aromatic rings. The van der Waals surface area contributed by atoms with Crippen LogP contribution in [0, 0.1) is 64.4 Å². The summed E-state index contributed by atoms with van der Waals surface area (Å²) in [5.74, 6) is 2.01. The van der Waals surface area contributed by atoms with Gasteiger partial charge in [-0.15, -0.1) is 6.42 Å². The lowest BCUT2D eigenvalue weighted by atomic mass is 9.86. The van der Waals surface area contributed by atoms with Gasteiger partial charge >= 0.3 is 0 Å². The number of terminal acetylenes is 1. The van der Waals surface area contributed by atoms with Crippen LogP contribution in [-0.4, -0.2) is 0 Å². The Balaban J connectivity index is 0.000000450. The molecule has 0 heterocycles. The van der Waals surface area contributed by atoms with Crippen molar-refractivity contribution >= 4 is 66.7 Å². The van der Waals surface area contributed by atoms with Crippen molar-refractivity contribution in [3.05, 3.63) is 205 Å². The predicted molar refractivity (Wildman–Crippen MR) is 333 cm³/mol. The van der Waals surface area contributed by atoms with Crippen molar-refractivity contribution < 1.29 is 13.2 Å². The maximum atomic E-state index is 13.6. The Morgan fingerprint density at radius 2 is 0.867 bits per heavy atom. The first-order valence-electron chi connectivity index (χ1n) is 25.3. The van der Waals surface area contributed by atoms with Gasteiger partial charge in [-0.25, -0.2) is 13.2 Å². The second kappa shape index (κ2) is 28.4. The summed E-state index contributed by atoms with van der Waals surface area (Å²) in [7, 11) is 0. The molecule has 0 aliphatic carbocycles. The van der Waals surface area contributed by atoms with E-state index in [0.29, 0.717) is 10.6 Å². The molecule has 0 amide bonds. The van der Waals surface area contributed by atoms with E-state index < -0.39 is 0 Å². The Kier molecular flexibility index (Phi) is 26.3. The molecular weight excluding hydrogens is 1130 g/mol. The molecule has 75 heavy (non-hydrogen) atoms. The van der Waals surface area contributed by atoms with Crippen molar-refractivity contribution in [2.24, 2.45) is 0 Å². The summed E-state index contributed by atoms with van der Waals surface area (Å²) in [4.78, 5) is 0. The van der Waals surface area contributed by atoms with Crippen molar-refractivity contribution in [3.63, 3.8) is 0 Å². The number of benzene rings is 6. The van der Waals surface area contributed by atoms with Gasteiger partial charge in [0.1, 0.15) is 17.5 Å². The fourth-order valence-corrected chi connectivity index (χ4v) is 9.71. The zero-order valence-corrected chi connectivity index (χ0v) is 54.8. The Morgan fingerprint density at radius 3 is 1.31 bits per heavy atom. The second-order valence-corrected chi connectivity index (χ2v) is 28.2. The van der Waals surface area contributed by atoms with E-state index in [-0.39, 0.29) is 55.0 Å². The minimum Gasteiger partial charge on any atom is -0.207 e. The first kappa shape index (κ1) is 69.5. The maximum absolute atomic E-state index is 13.6. The molecule has 0 aliphatic heterocycles. The quantitative estimate of drug-likeness (QED) is 0.133. The van der Waals surface area contributed by atoms with Crippen molar-refractivity contribution in [3.8, 4) is 12.3 Å². The molecule has 0 unspecified atom stereocenters. The molecule has 0 saturated heterocycles. The lowest BCUT2D eigenvalue weighted by Gasteiger charge is -2.21. The molecule has 410 valence electrons. The Labute approximate surface area is 485 Å². The van der Waals surface area contributed by atoms with E-state index >= 15 is 0 Å². The van der Waals surface area contributed by atoms with Gasteiger partial charge in [0, 0.05) is 19.5 Å². The Bertz CT molecular complexity index is 2780. The number of rotatable bonds is 0. The average Bonchev–Trinajstić information content (AvgIpc) is 3.25. The molecule has 0 spiro atoms. The van der Waals surface area contributed by atoms with Gasteiger partial charge < -0.3 is 0 Å². The van der Waals surface area contributed by atoms with E-state index in [1.54, 1.807) is 19.9 Å². The number of hydrogen-bond acceptors (Lipinski definition) is 0. The summed E-state index contributed by atoms with van der Waals surface area (Å²) >= 11 is 24.9. The summed E-state index contributed by atoms with van der Waals surface area (Å²) < 4.78 is 42.2. The zero-order chi connectivity index (χ0) is 58.6. The molecule has 0 bridgehead atoms. The van der Waals surface area contributed by atoms with Gasteiger partial charge in [0.15, 0.2) is 0 Å². The highest BCUT2D eigenvalue weighted by molar-refractivity contribution is 9.11. The Hall–Kier alpha value is -3.50. The van der Waals surface area contributed by atoms with Gasteiger partial charge in [0.05, 0.1) is 10.0 Å². The van der Waals surface area contributed by atoms with Crippen LogP contribution in [0.25, 0.3) is 0 Å². The fraction of sp³-hybridized carbons (Fsp3) is 0.433. The predicted octanol–water partition coefficient (Wildman–Crippen LogP) is 23.3. The lowest BCUT2D eigenvalue weighted by Crippen LogP contribution is -2.13. The van der Waals surface area contributed by atoms with Gasteiger partial charge in [-0.1, -0.05) is 248 Å². The Morgan fingerprint density at radius 1 is 0.413 bits per heavy atom. The second-order valence-electron chi connectivity index (χ2n) is 25.4. The third kappa shape index (κ3) is 22.8. The molecule has 0 fully saturated rings. The van der Waals surface area contributed by atoms with E-state index in [4.69, 9.17) is 41.2 Å². The molecule has 6 aromatic carbocycles. The summed E-state index contributed by atoms with van der Waals surface area (Å²) in [6.45, 7) is 47.6. The fourth-order valence-electron chi connectivity index (χ4n) is 7.10. The molecule has 0 aromatic heterocycles. The third-order valence-corrected chi connectivity index (χ3v) is 15.1. The maximum Gasteiger partial charge on any atom is 0.145 e. The smallest absolute Gasteiger partial charge is 0.145 e. The summed E-state index contributed by atoms with van der Waals surface area (Å²) in [5.41, 5.74) is 12.6. The van der Waals surface area contributed by atoms with Crippen molar-refractivity contribution in [1.29, 1.82) is 0 Å². The minimum atomic E-state index is -0.283. The zero-order valence-electron chi connectivity index (χ0n) is 49.3. The summed E-state index contributed by atoms with van der Waals surface area (Å²) in [6.07, 6.45) is 5.31. The van der Waals surface area contributed by atoms with Gasteiger partial charge in [0.25, 0.3) is 0 Å². The van der Waals surface area contributed by atoms with Crippen LogP contribution in [0.15, 0.2) is 106 Å². The topological polar surface area (TPSA) is 0 Å². The molecule has 8 heteroatoms. The van der Waals surface area contributed by atoms with Crippen LogP contribution >= 0.6 is 66.7 Å². The molecule has 0 radical (unpaired) electrons. The molecule has 0 saturated carbocycles. The van der Waals surface area contributed by atoms with Crippen LogP contribution in [0.4, 0.5) is 13.2 Å². The third-order valence-electron chi connectivity index (χ3n) is 12.1. The molecule has 0 aliphatic rings. The normalized spacial score (nSPS) is 11.7. The first-order valence-corrected chi connectivity index (χ1v) is 28.0. The van der Waals surface area contributed by atoms with E-state index in [0.717, 1.165) is 42.9 Å². The first-order chi connectivity index (χ1) is 33.9. The van der Waals surface area contributed by atoms with Gasteiger partial charge in [-0.2, -0.15) is 0 Å². The van der Waals surface area contributed by atoms with Crippen molar-refractivity contribution in [2.45, 2.75) is 192 Å². The van der Waals surface area contributed by atoms with E-state index in [9.17, 15) is 13.2 Å². The van der Waals surface area contributed by atoms with E-state index in [1.165, 1.54) is 44.4 Å².